The quantitative estimate of drug-likeness (QED) is 0.621. The highest BCUT2D eigenvalue weighted by molar-refractivity contribution is 6.21. The number of esters is 1. The molecule has 0 fully saturated rings. The Kier molecular flexibility index (Phi) is 5.50. The summed E-state index contributed by atoms with van der Waals surface area (Å²) in [6.07, 6.45) is 0. The van der Waals surface area contributed by atoms with E-state index in [0.717, 1.165) is 4.90 Å². The van der Waals surface area contributed by atoms with Crippen LogP contribution in [0, 0.1) is 0 Å². The summed E-state index contributed by atoms with van der Waals surface area (Å²) in [6.45, 7) is 5.14. The Hall–Kier alpha value is -3.48. The maximum atomic E-state index is 12.5. The van der Waals surface area contributed by atoms with Gasteiger partial charge in [0.25, 0.3) is 17.7 Å². The first-order valence-corrected chi connectivity index (χ1v) is 9.18. The van der Waals surface area contributed by atoms with Crippen molar-refractivity contribution >= 4 is 23.7 Å². The molecule has 0 saturated carbocycles. The van der Waals surface area contributed by atoms with Crippen molar-refractivity contribution in [3.05, 3.63) is 70.8 Å². The summed E-state index contributed by atoms with van der Waals surface area (Å²) in [6, 6.07) is 13.1. The Morgan fingerprint density at radius 2 is 1.59 bits per heavy atom. The van der Waals surface area contributed by atoms with Crippen LogP contribution in [0.3, 0.4) is 0 Å². The van der Waals surface area contributed by atoms with Crippen LogP contribution in [-0.2, 0) is 16.1 Å². The zero-order valence-corrected chi connectivity index (χ0v) is 16.5. The fourth-order valence-corrected chi connectivity index (χ4v) is 3.03. The zero-order valence-electron chi connectivity index (χ0n) is 16.5. The van der Waals surface area contributed by atoms with Gasteiger partial charge >= 0.3 is 5.97 Å². The van der Waals surface area contributed by atoms with E-state index in [4.69, 9.17) is 4.74 Å². The third-order valence-corrected chi connectivity index (χ3v) is 4.23. The summed E-state index contributed by atoms with van der Waals surface area (Å²) >= 11 is 0. The Bertz CT molecular complexity index is 956. The second kappa shape index (κ2) is 7.87. The molecule has 1 heterocycles. The predicted octanol–water partition coefficient (Wildman–Crippen LogP) is 2.55. The first kappa shape index (κ1) is 20.3. The van der Waals surface area contributed by atoms with Gasteiger partial charge in [-0.3, -0.25) is 19.3 Å². The molecule has 3 amide bonds. The maximum Gasteiger partial charge on any atom is 0.338 e. The molecule has 7 heteroatoms. The van der Waals surface area contributed by atoms with E-state index in [2.05, 4.69) is 5.32 Å². The standard InChI is InChI=1S/C22H22N2O5/c1-22(2,3)23-18(25)13-29-21(28)15-8-6-7-14(11-15)12-24-19(26)16-9-4-5-10-17(16)20(24)27/h4-11H,12-13H2,1-3H3,(H,23,25). The van der Waals surface area contributed by atoms with Crippen molar-refractivity contribution in [1.82, 2.24) is 10.2 Å². The summed E-state index contributed by atoms with van der Waals surface area (Å²) in [4.78, 5) is 50.2. The van der Waals surface area contributed by atoms with Gasteiger partial charge in [0, 0.05) is 5.54 Å². The van der Waals surface area contributed by atoms with Crippen LogP contribution in [0.1, 0.15) is 57.4 Å². The van der Waals surface area contributed by atoms with E-state index in [1.807, 2.05) is 20.8 Å². The SMILES string of the molecule is CC(C)(C)NC(=O)COC(=O)c1cccc(CN2C(=O)c3ccccc3C2=O)c1. The van der Waals surface area contributed by atoms with Crippen LogP contribution in [-0.4, -0.2) is 40.7 Å². The molecule has 0 spiro atoms. The fourth-order valence-electron chi connectivity index (χ4n) is 3.03. The average molecular weight is 394 g/mol. The van der Waals surface area contributed by atoms with Gasteiger partial charge in [0.2, 0.25) is 0 Å². The Labute approximate surface area is 168 Å². The van der Waals surface area contributed by atoms with Gasteiger partial charge in [-0.25, -0.2) is 4.79 Å². The zero-order chi connectivity index (χ0) is 21.2. The van der Waals surface area contributed by atoms with Gasteiger partial charge in [-0.05, 0) is 50.6 Å². The molecule has 0 unspecified atom stereocenters. The number of hydrogen-bond donors (Lipinski definition) is 1. The molecular formula is C22H22N2O5. The minimum absolute atomic E-state index is 0.0397. The Morgan fingerprint density at radius 1 is 0.966 bits per heavy atom. The van der Waals surface area contributed by atoms with Crippen LogP contribution >= 0.6 is 0 Å². The fraction of sp³-hybridized carbons (Fsp3) is 0.273. The number of nitrogens with zero attached hydrogens (tertiary/aromatic N) is 1. The molecule has 3 rings (SSSR count). The van der Waals surface area contributed by atoms with E-state index in [0.29, 0.717) is 16.7 Å². The molecule has 2 aromatic rings. The first-order valence-electron chi connectivity index (χ1n) is 9.18. The highest BCUT2D eigenvalue weighted by Gasteiger charge is 2.35. The lowest BCUT2D eigenvalue weighted by atomic mass is 10.1. The van der Waals surface area contributed by atoms with Crippen molar-refractivity contribution in [3.8, 4) is 0 Å². The molecule has 150 valence electrons. The van der Waals surface area contributed by atoms with Gasteiger partial charge in [-0.1, -0.05) is 24.3 Å². The monoisotopic (exact) mass is 394 g/mol. The van der Waals surface area contributed by atoms with Crippen LogP contribution in [0.15, 0.2) is 48.5 Å². The number of carbonyl (C=O) groups excluding carboxylic acids is 4. The molecular weight excluding hydrogens is 372 g/mol. The summed E-state index contributed by atoms with van der Waals surface area (Å²) in [5.41, 5.74) is 1.17. The van der Waals surface area contributed by atoms with Gasteiger partial charge in [0.15, 0.2) is 6.61 Å². The van der Waals surface area contributed by atoms with Crippen LogP contribution in [0.25, 0.3) is 0 Å². The number of nitrogens with one attached hydrogen (secondary N) is 1. The molecule has 0 radical (unpaired) electrons. The lowest BCUT2D eigenvalue weighted by Crippen LogP contribution is -2.42. The van der Waals surface area contributed by atoms with E-state index >= 15 is 0 Å². The van der Waals surface area contributed by atoms with E-state index in [9.17, 15) is 19.2 Å². The number of carbonyl (C=O) groups is 4. The van der Waals surface area contributed by atoms with Crippen LogP contribution in [0.5, 0.6) is 0 Å². The van der Waals surface area contributed by atoms with Gasteiger partial charge in [0.1, 0.15) is 0 Å². The van der Waals surface area contributed by atoms with E-state index < -0.39 is 24.0 Å². The van der Waals surface area contributed by atoms with E-state index in [1.165, 1.54) is 0 Å². The third kappa shape index (κ3) is 4.68. The molecule has 29 heavy (non-hydrogen) atoms. The van der Waals surface area contributed by atoms with Gasteiger partial charge < -0.3 is 10.1 Å². The van der Waals surface area contributed by atoms with Crippen molar-refractivity contribution in [1.29, 1.82) is 0 Å². The number of benzene rings is 2. The molecule has 0 aliphatic carbocycles. The largest absolute Gasteiger partial charge is 0.452 e. The highest BCUT2D eigenvalue weighted by atomic mass is 16.5. The summed E-state index contributed by atoms with van der Waals surface area (Å²) in [5.74, 6) is -1.78. The molecule has 1 N–H and O–H groups in total. The van der Waals surface area contributed by atoms with Crippen LogP contribution in [0.4, 0.5) is 0 Å². The van der Waals surface area contributed by atoms with Crippen molar-refractivity contribution in [2.24, 2.45) is 0 Å². The third-order valence-electron chi connectivity index (χ3n) is 4.23. The minimum Gasteiger partial charge on any atom is -0.452 e. The molecule has 1 aliphatic heterocycles. The first-order chi connectivity index (χ1) is 13.7. The number of ether oxygens (including phenoxy) is 1. The predicted molar refractivity (Wildman–Crippen MR) is 105 cm³/mol. The molecule has 0 aromatic heterocycles. The second-order valence-corrected chi connectivity index (χ2v) is 7.82. The number of hydrogen-bond acceptors (Lipinski definition) is 5. The number of fused-ring (bicyclic) bond motifs is 1. The number of imide groups is 1. The highest BCUT2D eigenvalue weighted by Crippen LogP contribution is 2.24. The van der Waals surface area contributed by atoms with E-state index in [-0.39, 0.29) is 23.9 Å². The van der Waals surface area contributed by atoms with Crippen molar-refractivity contribution < 1.29 is 23.9 Å². The normalized spacial score (nSPS) is 13.3. The maximum absolute atomic E-state index is 12.5. The van der Waals surface area contributed by atoms with E-state index in [1.54, 1.807) is 48.5 Å². The van der Waals surface area contributed by atoms with Crippen molar-refractivity contribution in [3.63, 3.8) is 0 Å². The smallest absolute Gasteiger partial charge is 0.338 e. The number of amides is 3. The summed E-state index contributed by atoms with van der Waals surface area (Å²) in [5, 5.41) is 2.71. The van der Waals surface area contributed by atoms with Crippen molar-refractivity contribution in [2.75, 3.05) is 6.61 Å². The molecule has 0 atom stereocenters. The van der Waals surface area contributed by atoms with Crippen molar-refractivity contribution in [2.45, 2.75) is 32.9 Å². The molecule has 0 saturated heterocycles. The Morgan fingerprint density at radius 3 is 2.17 bits per heavy atom. The van der Waals surface area contributed by atoms with Gasteiger partial charge in [0.05, 0.1) is 23.2 Å². The van der Waals surface area contributed by atoms with Crippen LogP contribution < -0.4 is 5.32 Å². The topological polar surface area (TPSA) is 92.8 Å². The summed E-state index contributed by atoms with van der Waals surface area (Å²) < 4.78 is 5.06. The van der Waals surface area contributed by atoms with Gasteiger partial charge in [-0.15, -0.1) is 0 Å². The number of rotatable bonds is 5. The minimum atomic E-state index is -0.654. The molecule has 7 nitrogen and oxygen atoms in total. The lowest BCUT2D eigenvalue weighted by Gasteiger charge is -2.20. The second-order valence-electron chi connectivity index (χ2n) is 7.82. The Balaban J connectivity index is 1.66. The average Bonchev–Trinajstić information content (AvgIpc) is 2.90. The lowest BCUT2D eigenvalue weighted by molar-refractivity contribution is -0.125. The molecule has 1 aliphatic rings. The van der Waals surface area contributed by atoms with Gasteiger partial charge in [-0.2, -0.15) is 0 Å². The molecule has 2 aromatic carbocycles. The summed E-state index contributed by atoms with van der Waals surface area (Å²) in [7, 11) is 0. The molecule has 0 bridgehead atoms. The van der Waals surface area contributed by atoms with Crippen LogP contribution in [0.2, 0.25) is 0 Å².